The van der Waals surface area contributed by atoms with Crippen LogP contribution in [0, 0.1) is 0 Å². The van der Waals surface area contributed by atoms with E-state index in [1.165, 1.54) is 23.5 Å². The van der Waals surface area contributed by atoms with Crippen LogP contribution < -0.4 is 9.64 Å². The van der Waals surface area contributed by atoms with E-state index in [1.807, 2.05) is 18.2 Å². The lowest BCUT2D eigenvalue weighted by Gasteiger charge is -2.27. The summed E-state index contributed by atoms with van der Waals surface area (Å²) in [5.74, 6) is 0.553. The van der Waals surface area contributed by atoms with Crippen molar-refractivity contribution in [3.8, 4) is 5.75 Å². The van der Waals surface area contributed by atoms with E-state index in [9.17, 15) is 13.2 Å². The molecule has 1 fully saturated rings. The number of carbonyl (C=O) groups is 1. The summed E-state index contributed by atoms with van der Waals surface area (Å²) < 4.78 is 36.0. The fourth-order valence-electron chi connectivity index (χ4n) is 3.82. The zero-order chi connectivity index (χ0) is 24.1. The van der Waals surface area contributed by atoms with Gasteiger partial charge in [0.15, 0.2) is 15.0 Å². The van der Waals surface area contributed by atoms with Gasteiger partial charge in [0.1, 0.15) is 5.75 Å². The molecule has 0 saturated carbocycles. The first kappa shape index (κ1) is 24.6. The molecule has 0 radical (unpaired) electrons. The Morgan fingerprint density at radius 2 is 1.91 bits per heavy atom. The van der Waals surface area contributed by atoms with Crippen molar-refractivity contribution in [1.82, 2.24) is 9.88 Å². The van der Waals surface area contributed by atoms with Crippen LogP contribution in [-0.2, 0) is 14.6 Å². The molecule has 0 unspecified atom stereocenters. The van der Waals surface area contributed by atoms with E-state index in [2.05, 4.69) is 4.90 Å². The fraction of sp³-hybridized carbons (Fsp3) is 0.417. The molecule has 3 aromatic rings. The lowest BCUT2D eigenvalue weighted by atomic mass is 10.2. The predicted molar refractivity (Wildman–Crippen MR) is 134 cm³/mol. The normalized spacial score (nSPS) is 14.9. The quantitative estimate of drug-likeness (QED) is 0.442. The highest BCUT2D eigenvalue weighted by Gasteiger charge is 2.23. The smallest absolute Gasteiger partial charge is 0.260 e. The molecule has 1 aromatic heterocycles. The Balaban J connectivity index is 1.59. The number of ether oxygens (including phenoxy) is 2. The standard InChI is InChI=1S/C24H29N3O5S2/c1-3-34(29,30)20-8-5-18(6-9-20)23(28)27(12-4-11-26-13-15-32-16-14-26)24-25-21-10-7-19(31-2)17-22(21)33-24/h5-10,17H,3-4,11-16H2,1-2H3. The molecule has 4 rings (SSSR count). The Labute approximate surface area is 204 Å². The van der Waals surface area contributed by atoms with Crippen LogP contribution in [0.4, 0.5) is 5.13 Å². The molecule has 1 amide bonds. The molecule has 2 heterocycles. The van der Waals surface area contributed by atoms with Crippen molar-refractivity contribution >= 4 is 42.4 Å². The third-order valence-corrected chi connectivity index (χ3v) is 8.65. The summed E-state index contributed by atoms with van der Waals surface area (Å²) in [5.41, 5.74) is 1.23. The van der Waals surface area contributed by atoms with E-state index in [4.69, 9.17) is 14.5 Å². The number of methoxy groups -OCH3 is 1. The number of sulfone groups is 1. The largest absolute Gasteiger partial charge is 0.497 e. The van der Waals surface area contributed by atoms with Gasteiger partial charge in [0.2, 0.25) is 0 Å². The van der Waals surface area contributed by atoms with Crippen molar-refractivity contribution in [3.05, 3.63) is 48.0 Å². The Morgan fingerprint density at radius 3 is 2.59 bits per heavy atom. The molecular formula is C24H29N3O5S2. The maximum Gasteiger partial charge on any atom is 0.260 e. The number of carbonyl (C=O) groups excluding carboxylic acids is 1. The molecule has 182 valence electrons. The van der Waals surface area contributed by atoms with Crippen LogP contribution in [0.15, 0.2) is 47.4 Å². The zero-order valence-corrected chi connectivity index (χ0v) is 21.0. The first-order valence-corrected chi connectivity index (χ1v) is 13.8. The molecule has 0 spiro atoms. The number of rotatable bonds is 9. The fourth-order valence-corrected chi connectivity index (χ4v) is 5.73. The maximum absolute atomic E-state index is 13.5. The topological polar surface area (TPSA) is 89.0 Å². The van der Waals surface area contributed by atoms with Crippen molar-refractivity contribution in [2.75, 3.05) is 57.2 Å². The van der Waals surface area contributed by atoms with E-state index < -0.39 is 9.84 Å². The van der Waals surface area contributed by atoms with Crippen LogP contribution in [0.3, 0.4) is 0 Å². The van der Waals surface area contributed by atoms with Crippen molar-refractivity contribution in [3.63, 3.8) is 0 Å². The second kappa shape index (κ2) is 10.8. The number of fused-ring (bicyclic) bond motifs is 1. The maximum atomic E-state index is 13.5. The number of hydrogen-bond acceptors (Lipinski definition) is 8. The molecule has 0 aliphatic carbocycles. The summed E-state index contributed by atoms with van der Waals surface area (Å²) in [6.07, 6.45) is 0.785. The zero-order valence-electron chi connectivity index (χ0n) is 19.4. The Kier molecular flexibility index (Phi) is 7.82. The van der Waals surface area contributed by atoms with Gasteiger partial charge in [-0.1, -0.05) is 18.3 Å². The summed E-state index contributed by atoms with van der Waals surface area (Å²) in [5, 5.41) is 0.612. The van der Waals surface area contributed by atoms with Gasteiger partial charge in [-0.2, -0.15) is 0 Å². The average molecular weight is 504 g/mol. The van der Waals surface area contributed by atoms with E-state index in [1.54, 1.807) is 31.1 Å². The number of hydrogen-bond donors (Lipinski definition) is 0. The highest BCUT2D eigenvalue weighted by molar-refractivity contribution is 7.91. The van der Waals surface area contributed by atoms with E-state index in [0.717, 1.165) is 55.2 Å². The Hall–Kier alpha value is -2.53. The van der Waals surface area contributed by atoms with Crippen LogP contribution in [0.2, 0.25) is 0 Å². The number of aromatic nitrogens is 1. The van der Waals surface area contributed by atoms with Crippen molar-refractivity contribution in [2.24, 2.45) is 0 Å². The molecule has 1 aliphatic rings. The highest BCUT2D eigenvalue weighted by atomic mass is 32.2. The Bertz CT molecular complexity index is 1240. The average Bonchev–Trinajstić information content (AvgIpc) is 3.30. The van der Waals surface area contributed by atoms with Gasteiger partial charge in [-0.25, -0.2) is 13.4 Å². The highest BCUT2D eigenvalue weighted by Crippen LogP contribution is 2.32. The SMILES string of the molecule is CCS(=O)(=O)c1ccc(C(=O)N(CCCN2CCOCC2)c2nc3ccc(OC)cc3s2)cc1. The molecular weight excluding hydrogens is 474 g/mol. The van der Waals surface area contributed by atoms with Crippen molar-refractivity contribution < 1.29 is 22.7 Å². The van der Waals surface area contributed by atoms with Crippen molar-refractivity contribution in [1.29, 1.82) is 0 Å². The van der Waals surface area contributed by atoms with Gasteiger partial charge in [0, 0.05) is 31.7 Å². The van der Waals surface area contributed by atoms with Crippen LogP contribution in [0.5, 0.6) is 5.75 Å². The van der Waals surface area contributed by atoms with Crippen molar-refractivity contribution in [2.45, 2.75) is 18.2 Å². The second-order valence-corrected chi connectivity index (χ2v) is 11.3. The van der Waals surface area contributed by atoms with Gasteiger partial charge >= 0.3 is 0 Å². The van der Waals surface area contributed by atoms with Gasteiger partial charge in [0.25, 0.3) is 5.91 Å². The van der Waals surface area contributed by atoms with Crippen LogP contribution in [0.25, 0.3) is 10.2 Å². The molecule has 1 saturated heterocycles. The van der Waals surface area contributed by atoms with Gasteiger partial charge in [-0.05, 0) is 48.9 Å². The third-order valence-electron chi connectivity index (χ3n) is 5.86. The number of nitrogens with zero attached hydrogens (tertiary/aromatic N) is 3. The molecule has 0 N–H and O–H groups in total. The first-order chi connectivity index (χ1) is 16.4. The minimum atomic E-state index is -3.33. The molecule has 34 heavy (non-hydrogen) atoms. The first-order valence-electron chi connectivity index (χ1n) is 11.3. The lowest BCUT2D eigenvalue weighted by molar-refractivity contribution is 0.0376. The van der Waals surface area contributed by atoms with Crippen LogP contribution in [0.1, 0.15) is 23.7 Å². The number of anilines is 1. The van der Waals surface area contributed by atoms with Gasteiger partial charge in [-0.15, -0.1) is 0 Å². The van der Waals surface area contributed by atoms with E-state index >= 15 is 0 Å². The van der Waals surface area contributed by atoms with Gasteiger partial charge < -0.3 is 9.47 Å². The molecule has 0 atom stereocenters. The number of thiazole rings is 1. The third kappa shape index (κ3) is 5.57. The molecule has 2 aromatic carbocycles. The van der Waals surface area contributed by atoms with Gasteiger partial charge in [0.05, 0.1) is 41.2 Å². The summed E-state index contributed by atoms with van der Waals surface area (Å²) in [7, 11) is -1.71. The summed E-state index contributed by atoms with van der Waals surface area (Å²) in [6.45, 7) is 6.21. The minimum Gasteiger partial charge on any atom is -0.497 e. The predicted octanol–water partition coefficient (Wildman–Crippen LogP) is 3.47. The molecule has 0 bridgehead atoms. The lowest BCUT2D eigenvalue weighted by Crippen LogP contribution is -2.39. The number of morpholine rings is 1. The summed E-state index contributed by atoms with van der Waals surface area (Å²) in [4.78, 5) is 22.5. The van der Waals surface area contributed by atoms with Gasteiger partial charge in [-0.3, -0.25) is 14.6 Å². The molecule has 8 nitrogen and oxygen atoms in total. The van der Waals surface area contributed by atoms with E-state index in [-0.39, 0.29) is 16.6 Å². The summed E-state index contributed by atoms with van der Waals surface area (Å²) in [6, 6.07) is 11.8. The monoisotopic (exact) mass is 503 g/mol. The summed E-state index contributed by atoms with van der Waals surface area (Å²) >= 11 is 1.44. The Morgan fingerprint density at radius 1 is 1.18 bits per heavy atom. The number of benzene rings is 2. The molecule has 1 aliphatic heterocycles. The van der Waals surface area contributed by atoms with Crippen LogP contribution in [-0.4, -0.2) is 76.5 Å². The van der Waals surface area contributed by atoms with Crippen LogP contribution >= 0.6 is 11.3 Å². The second-order valence-electron chi connectivity index (χ2n) is 8.02. The number of amides is 1. The van der Waals surface area contributed by atoms with E-state index in [0.29, 0.717) is 17.2 Å². The minimum absolute atomic E-state index is 0.0170. The molecule has 10 heteroatoms.